The van der Waals surface area contributed by atoms with Crippen LogP contribution < -0.4 is 10.1 Å². The summed E-state index contributed by atoms with van der Waals surface area (Å²) in [6, 6.07) is 7.83. The summed E-state index contributed by atoms with van der Waals surface area (Å²) in [6.45, 7) is 4.93. The average molecular weight is 351 g/mol. The number of aromatic nitrogens is 2. The molecule has 1 N–H and O–H groups in total. The highest BCUT2D eigenvalue weighted by molar-refractivity contribution is 5.94. The van der Waals surface area contributed by atoms with Crippen LogP contribution >= 0.6 is 12.4 Å². The molecule has 1 fully saturated rings. The third-order valence-corrected chi connectivity index (χ3v) is 4.21. The zero-order valence-electron chi connectivity index (χ0n) is 13.9. The number of methoxy groups -OCH3 is 1. The Labute approximate surface area is 148 Å². The Morgan fingerprint density at radius 3 is 2.92 bits per heavy atom. The number of para-hydroxylation sites is 1. The molecule has 3 rings (SSSR count). The number of hydrogen-bond acceptors (Lipinski definition) is 4. The zero-order valence-corrected chi connectivity index (χ0v) is 14.8. The summed E-state index contributed by atoms with van der Waals surface area (Å²) in [7, 11) is 1.66. The van der Waals surface area contributed by atoms with Crippen molar-refractivity contribution in [1.29, 1.82) is 0 Å². The third kappa shape index (κ3) is 3.55. The lowest BCUT2D eigenvalue weighted by Crippen LogP contribution is -2.48. The minimum absolute atomic E-state index is 0. The van der Waals surface area contributed by atoms with Crippen molar-refractivity contribution in [1.82, 2.24) is 20.0 Å². The lowest BCUT2D eigenvalue weighted by atomic mass is 10.0. The molecule has 0 aliphatic carbocycles. The van der Waals surface area contributed by atoms with E-state index in [1.807, 2.05) is 42.3 Å². The van der Waals surface area contributed by atoms with Crippen LogP contribution in [0, 0.1) is 0 Å². The van der Waals surface area contributed by atoms with Crippen molar-refractivity contribution in [3.8, 4) is 5.75 Å². The van der Waals surface area contributed by atoms with Gasteiger partial charge in [0.1, 0.15) is 5.75 Å². The summed E-state index contributed by atoms with van der Waals surface area (Å²) in [4.78, 5) is 14.8. The SMILES string of the molecule is CCn1cc(C(=O)N2CCNCC2c2ccccc2OC)cn1.Cl. The van der Waals surface area contributed by atoms with Crippen LogP contribution in [0.15, 0.2) is 36.7 Å². The number of amides is 1. The number of nitrogens with zero attached hydrogens (tertiary/aromatic N) is 3. The van der Waals surface area contributed by atoms with Gasteiger partial charge < -0.3 is 15.0 Å². The van der Waals surface area contributed by atoms with Gasteiger partial charge in [0.2, 0.25) is 0 Å². The largest absolute Gasteiger partial charge is 0.496 e. The van der Waals surface area contributed by atoms with Crippen molar-refractivity contribution in [2.45, 2.75) is 19.5 Å². The van der Waals surface area contributed by atoms with Gasteiger partial charge in [0, 0.05) is 37.9 Å². The fourth-order valence-electron chi connectivity index (χ4n) is 2.98. The maximum absolute atomic E-state index is 12.9. The highest BCUT2D eigenvalue weighted by atomic mass is 35.5. The van der Waals surface area contributed by atoms with E-state index in [-0.39, 0.29) is 24.4 Å². The number of piperazine rings is 1. The Morgan fingerprint density at radius 2 is 2.21 bits per heavy atom. The molecule has 1 aliphatic rings. The number of carbonyl (C=O) groups excluding carboxylic acids is 1. The normalized spacial score (nSPS) is 17.2. The fourth-order valence-corrected chi connectivity index (χ4v) is 2.98. The molecule has 1 aromatic heterocycles. The van der Waals surface area contributed by atoms with Crippen LogP contribution in [0.25, 0.3) is 0 Å². The molecule has 7 heteroatoms. The van der Waals surface area contributed by atoms with Gasteiger partial charge >= 0.3 is 0 Å². The maximum Gasteiger partial charge on any atom is 0.257 e. The summed E-state index contributed by atoms with van der Waals surface area (Å²) in [6.07, 6.45) is 3.46. The van der Waals surface area contributed by atoms with Gasteiger partial charge in [-0.2, -0.15) is 5.10 Å². The van der Waals surface area contributed by atoms with Crippen LogP contribution in [0.5, 0.6) is 5.75 Å². The number of ether oxygens (including phenoxy) is 1. The van der Waals surface area contributed by atoms with E-state index in [9.17, 15) is 4.79 Å². The van der Waals surface area contributed by atoms with Gasteiger partial charge in [-0.25, -0.2) is 0 Å². The molecular formula is C17H23ClN4O2. The standard InChI is InChI=1S/C17H22N4O2.ClH/c1-3-20-12-13(10-19-20)17(22)21-9-8-18-11-15(21)14-6-4-5-7-16(14)23-2;/h4-7,10,12,15,18H,3,8-9,11H2,1-2H3;1H. The van der Waals surface area contributed by atoms with E-state index >= 15 is 0 Å². The number of hydrogen-bond donors (Lipinski definition) is 1. The Balaban J connectivity index is 0.00000208. The number of benzene rings is 1. The van der Waals surface area contributed by atoms with E-state index in [0.29, 0.717) is 18.7 Å². The molecule has 0 saturated carbocycles. The third-order valence-electron chi connectivity index (χ3n) is 4.21. The number of carbonyl (C=O) groups is 1. The van der Waals surface area contributed by atoms with E-state index in [1.54, 1.807) is 18.0 Å². The predicted molar refractivity (Wildman–Crippen MR) is 94.8 cm³/mol. The molecule has 0 radical (unpaired) electrons. The monoisotopic (exact) mass is 350 g/mol. The van der Waals surface area contributed by atoms with E-state index in [1.165, 1.54) is 0 Å². The van der Waals surface area contributed by atoms with Gasteiger partial charge in [-0.15, -0.1) is 12.4 Å². The van der Waals surface area contributed by atoms with Crippen LogP contribution in [0.1, 0.15) is 28.9 Å². The molecule has 1 aromatic carbocycles. The summed E-state index contributed by atoms with van der Waals surface area (Å²) >= 11 is 0. The van der Waals surface area contributed by atoms with Crippen molar-refractivity contribution >= 4 is 18.3 Å². The molecule has 1 aliphatic heterocycles. The first kappa shape index (κ1) is 18.3. The molecule has 0 bridgehead atoms. The topological polar surface area (TPSA) is 59.4 Å². The van der Waals surface area contributed by atoms with Crippen LogP contribution in [-0.2, 0) is 6.54 Å². The number of aryl methyl sites for hydroxylation is 1. The first-order valence-electron chi connectivity index (χ1n) is 7.91. The molecule has 2 aromatic rings. The van der Waals surface area contributed by atoms with Crippen LogP contribution in [-0.4, -0.2) is 47.3 Å². The van der Waals surface area contributed by atoms with Crippen molar-refractivity contribution < 1.29 is 9.53 Å². The smallest absolute Gasteiger partial charge is 0.257 e. The van der Waals surface area contributed by atoms with E-state index in [2.05, 4.69) is 10.4 Å². The molecule has 6 nitrogen and oxygen atoms in total. The van der Waals surface area contributed by atoms with Gasteiger partial charge in [0.15, 0.2) is 0 Å². The summed E-state index contributed by atoms with van der Waals surface area (Å²) in [5, 5.41) is 7.58. The van der Waals surface area contributed by atoms with Gasteiger partial charge in [-0.3, -0.25) is 9.48 Å². The van der Waals surface area contributed by atoms with E-state index in [0.717, 1.165) is 24.4 Å². The molecule has 1 amide bonds. The average Bonchev–Trinajstić information content (AvgIpc) is 3.10. The van der Waals surface area contributed by atoms with Crippen molar-refractivity contribution in [3.05, 3.63) is 47.8 Å². The quantitative estimate of drug-likeness (QED) is 0.917. The first-order valence-corrected chi connectivity index (χ1v) is 7.91. The van der Waals surface area contributed by atoms with Crippen molar-refractivity contribution in [3.63, 3.8) is 0 Å². The number of rotatable bonds is 4. The lowest BCUT2D eigenvalue weighted by molar-refractivity contribution is 0.0631. The van der Waals surface area contributed by atoms with Crippen LogP contribution in [0.2, 0.25) is 0 Å². The minimum atomic E-state index is -0.0441. The molecule has 2 heterocycles. The Kier molecular flexibility index (Phi) is 6.23. The van der Waals surface area contributed by atoms with Gasteiger partial charge in [-0.05, 0) is 13.0 Å². The Hall–Kier alpha value is -2.05. The Bertz CT molecular complexity index is 689. The first-order chi connectivity index (χ1) is 11.2. The molecular weight excluding hydrogens is 328 g/mol. The van der Waals surface area contributed by atoms with Gasteiger partial charge in [-0.1, -0.05) is 18.2 Å². The fraction of sp³-hybridized carbons (Fsp3) is 0.412. The molecule has 0 spiro atoms. The zero-order chi connectivity index (χ0) is 16.2. The summed E-state index contributed by atoms with van der Waals surface area (Å²) in [5.74, 6) is 0.824. The summed E-state index contributed by atoms with van der Waals surface area (Å²) < 4.78 is 7.24. The highest BCUT2D eigenvalue weighted by Crippen LogP contribution is 2.31. The predicted octanol–water partition coefficient (Wildman–Crippen LogP) is 2.12. The van der Waals surface area contributed by atoms with E-state index in [4.69, 9.17) is 4.74 Å². The molecule has 1 atom stereocenters. The van der Waals surface area contributed by atoms with Crippen LogP contribution in [0.3, 0.4) is 0 Å². The number of nitrogens with one attached hydrogen (secondary N) is 1. The second-order valence-electron chi connectivity index (χ2n) is 5.55. The minimum Gasteiger partial charge on any atom is -0.496 e. The van der Waals surface area contributed by atoms with Gasteiger partial charge in [0.25, 0.3) is 5.91 Å². The van der Waals surface area contributed by atoms with Gasteiger partial charge in [0.05, 0.1) is 24.9 Å². The lowest BCUT2D eigenvalue weighted by Gasteiger charge is -2.36. The van der Waals surface area contributed by atoms with Crippen molar-refractivity contribution in [2.24, 2.45) is 0 Å². The molecule has 1 saturated heterocycles. The molecule has 24 heavy (non-hydrogen) atoms. The Morgan fingerprint density at radius 1 is 1.42 bits per heavy atom. The second kappa shape index (κ2) is 8.17. The highest BCUT2D eigenvalue weighted by Gasteiger charge is 2.30. The second-order valence-corrected chi connectivity index (χ2v) is 5.55. The van der Waals surface area contributed by atoms with Crippen LogP contribution in [0.4, 0.5) is 0 Å². The summed E-state index contributed by atoms with van der Waals surface area (Å²) in [5.41, 5.74) is 1.66. The molecule has 1 unspecified atom stereocenters. The number of halogens is 1. The molecule has 130 valence electrons. The van der Waals surface area contributed by atoms with Crippen molar-refractivity contribution in [2.75, 3.05) is 26.7 Å². The van der Waals surface area contributed by atoms with E-state index < -0.39 is 0 Å². The maximum atomic E-state index is 12.9.